The summed E-state index contributed by atoms with van der Waals surface area (Å²) in [6.45, 7) is 2.25. The first-order chi connectivity index (χ1) is 19.1. The summed E-state index contributed by atoms with van der Waals surface area (Å²) in [5.41, 5.74) is -1.11. The number of amides is 2. The molecule has 5 heterocycles. The van der Waals surface area contributed by atoms with Crippen LogP contribution in [0, 0.1) is 0 Å². The topological polar surface area (TPSA) is 125 Å². The van der Waals surface area contributed by atoms with Gasteiger partial charge in [0.2, 0.25) is 11.8 Å². The lowest BCUT2D eigenvalue weighted by molar-refractivity contribution is -0.226. The molecule has 0 bridgehead atoms. The van der Waals surface area contributed by atoms with Gasteiger partial charge < -0.3 is 24.3 Å². The summed E-state index contributed by atoms with van der Waals surface area (Å²) in [5.74, 6) is -0.408. The van der Waals surface area contributed by atoms with E-state index in [2.05, 4.69) is 9.97 Å². The number of rotatable bonds is 5. The lowest BCUT2D eigenvalue weighted by Crippen LogP contribution is -2.66. The Hall–Kier alpha value is -3.03. The third-order valence-corrected chi connectivity index (χ3v) is 10.2. The molecule has 3 aliphatic rings. The predicted molar refractivity (Wildman–Crippen MR) is 146 cm³/mol. The molecule has 1 spiro atoms. The first-order valence-electron chi connectivity index (χ1n) is 13.1. The summed E-state index contributed by atoms with van der Waals surface area (Å²) >= 11 is 6.11. The number of nitrogens with zero attached hydrogens (tertiary/aromatic N) is 4. The zero-order chi connectivity index (χ0) is 28.3. The lowest BCUT2D eigenvalue weighted by Gasteiger charge is -2.48. The fourth-order valence-electron chi connectivity index (χ4n) is 6.21. The molecule has 3 saturated heterocycles. The second-order valence-electron chi connectivity index (χ2n) is 10.6. The third kappa shape index (κ3) is 4.38. The van der Waals surface area contributed by atoms with E-state index in [0.29, 0.717) is 47.6 Å². The second kappa shape index (κ2) is 9.81. The molecule has 2 unspecified atom stereocenters. The minimum absolute atomic E-state index is 0.0171. The fraction of sp³-hybridized carbons (Fsp3) is 0.444. The molecular weight excluding hydrogens is 558 g/mol. The Labute approximate surface area is 237 Å². The highest BCUT2D eigenvalue weighted by Gasteiger charge is 2.64. The van der Waals surface area contributed by atoms with Gasteiger partial charge in [-0.2, -0.15) is 4.31 Å². The van der Waals surface area contributed by atoms with Gasteiger partial charge in [0.25, 0.3) is 10.0 Å². The number of benzene rings is 1. The molecule has 2 aromatic heterocycles. The summed E-state index contributed by atoms with van der Waals surface area (Å²) in [6, 6.07) is 11.9. The average Bonchev–Trinajstić information content (AvgIpc) is 3.50. The van der Waals surface area contributed by atoms with Crippen LogP contribution in [0.15, 0.2) is 53.7 Å². The van der Waals surface area contributed by atoms with Crippen LogP contribution < -0.4 is 0 Å². The average molecular weight is 588 g/mol. The summed E-state index contributed by atoms with van der Waals surface area (Å²) in [5, 5.41) is 1.08. The predicted octanol–water partition coefficient (Wildman–Crippen LogP) is 2.54. The normalized spacial score (nSPS) is 24.0. The van der Waals surface area contributed by atoms with Crippen LogP contribution in [0.2, 0.25) is 5.02 Å². The Balaban J connectivity index is 1.41. The van der Waals surface area contributed by atoms with Crippen LogP contribution in [0.1, 0.15) is 31.6 Å². The van der Waals surface area contributed by atoms with Gasteiger partial charge in [-0.3, -0.25) is 14.6 Å². The number of likely N-dealkylation sites (tertiary alicyclic amines) is 1. The Kier molecular flexibility index (Phi) is 6.66. The van der Waals surface area contributed by atoms with E-state index in [0.717, 1.165) is 4.31 Å². The first kappa shape index (κ1) is 27.2. The molecule has 40 heavy (non-hydrogen) atoms. The number of sulfonamides is 1. The van der Waals surface area contributed by atoms with Crippen LogP contribution >= 0.6 is 11.6 Å². The molecule has 3 aromatic rings. The number of methoxy groups -OCH3 is 1. The van der Waals surface area contributed by atoms with Crippen molar-refractivity contribution in [3.8, 4) is 0 Å². The summed E-state index contributed by atoms with van der Waals surface area (Å²) in [7, 11) is -2.66. The maximum Gasteiger partial charge on any atom is 0.259 e. The molecule has 0 aliphatic carbocycles. The highest BCUT2D eigenvalue weighted by Crippen LogP contribution is 2.49. The number of hydrogen-bond acceptors (Lipinski definition) is 7. The van der Waals surface area contributed by atoms with Gasteiger partial charge in [0.1, 0.15) is 11.1 Å². The van der Waals surface area contributed by atoms with Crippen molar-refractivity contribution in [2.24, 2.45) is 0 Å². The van der Waals surface area contributed by atoms with E-state index in [1.165, 1.54) is 20.1 Å². The monoisotopic (exact) mass is 587 g/mol. The van der Waals surface area contributed by atoms with E-state index in [9.17, 15) is 18.0 Å². The zero-order valence-electron chi connectivity index (χ0n) is 22.2. The minimum atomic E-state index is -4.15. The minimum Gasteiger partial charge on any atom is -0.370 e. The van der Waals surface area contributed by atoms with E-state index in [4.69, 9.17) is 21.1 Å². The highest BCUT2D eigenvalue weighted by atomic mass is 35.5. The molecule has 2 atom stereocenters. The quantitative estimate of drug-likeness (QED) is 0.486. The number of fused-ring (bicyclic) bond motifs is 2. The molecule has 6 rings (SSSR count). The van der Waals surface area contributed by atoms with Crippen molar-refractivity contribution in [2.45, 2.75) is 42.2 Å². The Bertz CT molecular complexity index is 1570. The van der Waals surface area contributed by atoms with Gasteiger partial charge in [0, 0.05) is 49.2 Å². The number of nitrogens with one attached hydrogen (secondary N) is 1. The standard InChI is InChI=1S/C27H30ClN5O6S/c1-18(34)31-11-8-26(9-12-31)16-33-24(35)15-32(17-27(33,39-26)25(38-2)22-5-3-4-10-29-22)40(36,37)23-14-19-13-20(28)6-7-21(19)30-23/h3-7,10,13-14,25,30H,8-9,11-12,15-17H2,1-2H3. The molecule has 1 N–H and O–H groups in total. The number of H-pyrrole nitrogens is 1. The van der Waals surface area contributed by atoms with Crippen LogP contribution in [-0.4, -0.2) is 95.5 Å². The molecule has 212 valence electrons. The molecule has 1 aromatic carbocycles. The van der Waals surface area contributed by atoms with Crippen molar-refractivity contribution in [3.05, 3.63) is 59.4 Å². The summed E-state index contributed by atoms with van der Waals surface area (Å²) in [6.07, 6.45) is 1.76. The van der Waals surface area contributed by atoms with Crippen molar-refractivity contribution in [3.63, 3.8) is 0 Å². The fourth-order valence-corrected chi connectivity index (χ4v) is 7.81. The van der Waals surface area contributed by atoms with E-state index in [1.807, 2.05) is 0 Å². The van der Waals surface area contributed by atoms with Gasteiger partial charge in [-0.15, -0.1) is 0 Å². The third-order valence-electron chi connectivity index (χ3n) is 8.21. The Morgan fingerprint density at radius 1 is 1.18 bits per heavy atom. The molecule has 3 aliphatic heterocycles. The van der Waals surface area contributed by atoms with Crippen LogP contribution in [0.5, 0.6) is 0 Å². The number of pyridine rings is 1. The zero-order valence-corrected chi connectivity index (χ0v) is 23.7. The number of carbonyl (C=O) groups excluding carboxylic acids is 2. The summed E-state index contributed by atoms with van der Waals surface area (Å²) in [4.78, 5) is 36.6. The van der Waals surface area contributed by atoms with Crippen molar-refractivity contribution >= 4 is 44.3 Å². The van der Waals surface area contributed by atoms with Crippen LogP contribution in [-0.2, 0) is 29.1 Å². The Morgan fingerprint density at radius 2 is 1.95 bits per heavy atom. The number of halogens is 1. The van der Waals surface area contributed by atoms with Crippen molar-refractivity contribution in [1.82, 2.24) is 24.1 Å². The number of piperazine rings is 1. The number of hydrogen-bond donors (Lipinski definition) is 1. The summed E-state index contributed by atoms with van der Waals surface area (Å²) < 4.78 is 42.0. The first-order valence-corrected chi connectivity index (χ1v) is 14.9. The molecule has 3 fully saturated rings. The number of ether oxygens (including phenoxy) is 2. The van der Waals surface area contributed by atoms with Crippen LogP contribution in [0.3, 0.4) is 0 Å². The van der Waals surface area contributed by atoms with Gasteiger partial charge in [0.15, 0.2) is 5.72 Å². The second-order valence-corrected chi connectivity index (χ2v) is 13.0. The molecule has 13 heteroatoms. The lowest BCUT2D eigenvalue weighted by atomic mass is 9.91. The Morgan fingerprint density at radius 3 is 2.62 bits per heavy atom. The van der Waals surface area contributed by atoms with E-state index < -0.39 is 33.4 Å². The molecule has 0 radical (unpaired) electrons. The maximum absolute atomic E-state index is 14.0. The van der Waals surface area contributed by atoms with E-state index >= 15 is 0 Å². The van der Waals surface area contributed by atoms with Crippen molar-refractivity contribution < 1.29 is 27.5 Å². The SMILES string of the molecule is COC(c1ccccn1)C12CN(S(=O)(=O)c3cc4cc(Cl)ccc4[nH]3)CC(=O)N1CC1(CCN(C(C)=O)CC1)O2. The van der Waals surface area contributed by atoms with Crippen molar-refractivity contribution in [1.29, 1.82) is 0 Å². The molecule has 2 amide bonds. The molecule has 11 nitrogen and oxygen atoms in total. The van der Waals surface area contributed by atoms with E-state index in [-0.39, 0.29) is 30.6 Å². The van der Waals surface area contributed by atoms with Crippen LogP contribution in [0.4, 0.5) is 0 Å². The van der Waals surface area contributed by atoms with Gasteiger partial charge in [-0.25, -0.2) is 8.42 Å². The van der Waals surface area contributed by atoms with Crippen molar-refractivity contribution in [2.75, 3.05) is 39.8 Å². The number of piperidine rings is 1. The van der Waals surface area contributed by atoms with Gasteiger partial charge >= 0.3 is 0 Å². The molecular formula is C27H30ClN5O6S. The number of aromatic nitrogens is 2. The highest BCUT2D eigenvalue weighted by molar-refractivity contribution is 7.89. The largest absolute Gasteiger partial charge is 0.370 e. The van der Waals surface area contributed by atoms with Gasteiger partial charge in [-0.1, -0.05) is 17.7 Å². The molecule has 0 saturated carbocycles. The van der Waals surface area contributed by atoms with Gasteiger partial charge in [0.05, 0.1) is 30.9 Å². The van der Waals surface area contributed by atoms with E-state index in [1.54, 1.807) is 52.4 Å². The number of carbonyl (C=O) groups is 2. The van der Waals surface area contributed by atoms with Crippen LogP contribution in [0.25, 0.3) is 10.9 Å². The van der Waals surface area contributed by atoms with Gasteiger partial charge in [-0.05, 0) is 49.2 Å². The number of aromatic amines is 1. The maximum atomic E-state index is 14.0. The smallest absolute Gasteiger partial charge is 0.259 e.